The number of likely N-dealkylation sites (N-methyl/N-ethyl adjacent to an activating group) is 1. The van der Waals surface area contributed by atoms with Crippen LogP contribution in [0.25, 0.3) is 0 Å². The van der Waals surface area contributed by atoms with Crippen molar-refractivity contribution in [2.24, 2.45) is 0 Å². The molecule has 1 aromatic carbocycles. The van der Waals surface area contributed by atoms with Crippen molar-refractivity contribution in [1.29, 1.82) is 0 Å². The Kier molecular flexibility index (Phi) is 7.54. The highest BCUT2D eigenvalue weighted by Gasteiger charge is 2.12. The van der Waals surface area contributed by atoms with Crippen molar-refractivity contribution in [3.63, 3.8) is 0 Å². The summed E-state index contributed by atoms with van der Waals surface area (Å²) in [5, 5.41) is 15.9. The highest BCUT2D eigenvalue weighted by atomic mass is 35.5. The Bertz CT molecular complexity index is 411. The minimum atomic E-state index is -0.658. The van der Waals surface area contributed by atoms with E-state index < -0.39 is 6.10 Å². The van der Waals surface area contributed by atoms with Crippen molar-refractivity contribution < 1.29 is 14.6 Å². The summed E-state index contributed by atoms with van der Waals surface area (Å²) < 4.78 is 5.41. The molecular weight excluding hydrogens is 280 g/mol. The second kappa shape index (κ2) is 8.92. The highest BCUT2D eigenvalue weighted by molar-refractivity contribution is 6.30. The van der Waals surface area contributed by atoms with Crippen LogP contribution in [0.1, 0.15) is 12.5 Å². The molecule has 112 valence electrons. The fourth-order valence-electron chi connectivity index (χ4n) is 1.57. The fraction of sp³-hybridized carbons (Fsp3) is 0.500. The van der Waals surface area contributed by atoms with Gasteiger partial charge < -0.3 is 20.5 Å². The van der Waals surface area contributed by atoms with Gasteiger partial charge >= 0.3 is 0 Å². The molecule has 0 heterocycles. The molecule has 0 spiro atoms. The first-order valence-corrected chi connectivity index (χ1v) is 6.86. The van der Waals surface area contributed by atoms with Crippen LogP contribution in [0.15, 0.2) is 24.3 Å². The van der Waals surface area contributed by atoms with Crippen LogP contribution in [-0.4, -0.2) is 43.4 Å². The van der Waals surface area contributed by atoms with E-state index in [4.69, 9.17) is 16.3 Å². The summed E-state index contributed by atoms with van der Waals surface area (Å²) in [4.78, 5) is 11.3. The number of hydrogen-bond donors (Lipinski definition) is 3. The van der Waals surface area contributed by atoms with Crippen molar-refractivity contribution in [3.8, 4) is 0 Å². The van der Waals surface area contributed by atoms with Gasteiger partial charge in [0.2, 0.25) is 5.91 Å². The topological polar surface area (TPSA) is 70.6 Å². The first-order chi connectivity index (χ1) is 9.52. The summed E-state index contributed by atoms with van der Waals surface area (Å²) in [7, 11) is 1.58. The zero-order valence-corrected chi connectivity index (χ0v) is 12.5. The van der Waals surface area contributed by atoms with Crippen molar-refractivity contribution >= 4 is 17.5 Å². The van der Waals surface area contributed by atoms with Gasteiger partial charge in [-0.2, -0.15) is 0 Å². The van der Waals surface area contributed by atoms with Crippen LogP contribution in [-0.2, 0) is 16.1 Å². The Morgan fingerprint density at radius 1 is 1.40 bits per heavy atom. The third kappa shape index (κ3) is 6.34. The summed E-state index contributed by atoms with van der Waals surface area (Å²) in [6, 6.07) is 7.00. The lowest BCUT2D eigenvalue weighted by Gasteiger charge is -2.16. The van der Waals surface area contributed by atoms with Gasteiger partial charge in [-0.25, -0.2) is 0 Å². The van der Waals surface area contributed by atoms with Crippen LogP contribution in [0.5, 0.6) is 0 Å². The molecule has 0 fully saturated rings. The van der Waals surface area contributed by atoms with Gasteiger partial charge in [0.15, 0.2) is 0 Å². The number of hydrogen-bond acceptors (Lipinski definition) is 4. The minimum Gasteiger partial charge on any atom is -0.389 e. The summed E-state index contributed by atoms with van der Waals surface area (Å²) in [5.74, 6) is -0.112. The molecule has 0 aromatic heterocycles. The first-order valence-electron chi connectivity index (χ1n) is 6.48. The van der Waals surface area contributed by atoms with Crippen molar-refractivity contribution in [3.05, 3.63) is 34.9 Å². The largest absolute Gasteiger partial charge is 0.389 e. The number of aliphatic hydroxyl groups excluding tert-OH is 1. The maximum absolute atomic E-state index is 11.3. The van der Waals surface area contributed by atoms with Crippen LogP contribution < -0.4 is 10.6 Å². The Labute approximate surface area is 124 Å². The van der Waals surface area contributed by atoms with E-state index in [1.165, 1.54) is 0 Å². The number of ether oxygens (including phenoxy) is 1. The van der Waals surface area contributed by atoms with Crippen LogP contribution in [0.4, 0.5) is 0 Å². The average Bonchev–Trinajstić information content (AvgIpc) is 2.46. The molecule has 20 heavy (non-hydrogen) atoms. The zero-order valence-electron chi connectivity index (χ0n) is 11.7. The van der Waals surface area contributed by atoms with Crippen LogP contribution in [0.2, 0.25) is 5.02 Å². The van der Waals surface area contributed by atoms with E-state index in [2.05, 4.69) is 10.6 Å². The van der Waals surface area contributed by atoms with Crippen molar-refractivity contribution in [2.75, 3.05) is 20.2 Å². The third-order valence-corrected chi connectivity index (χ3v) is 3.04. The van der Waals surface area contributed by atoms with Crippen LogP contribution >= 0.6 is 11.6 Å². The van der Waals surface area contributed by atoms with E-state index in [1.807, 2.05) is 12.1 Å². The van der Waals surface area contributed by atoms with E-state index >= 15 is 0 Å². The first kappa shape index (κ1) is 16.9. The number of carbonyl (C=O) groups is 1. The molecule has 1 amide bonds. The van der Waals surface area contributed by atoms with Gasteiger partial charge in [-0.1, -0.05) is 23.7 Å². The smallest absolute Gasteiger partial charge is 0.236 e. The van der Waals surface area contributed by atoms with E-state index in [0.717, 1.165) is 5.56 Å². The summed E-state index contributed by atoms with van der Waals surface area (Å²) >= 11 is 5.78. The Morgan fingerprint density at radius 2 is 2.05 bits per heavy atom. The number of carbonyl (C=O) groups excluding carboxylic acids is 1. The molecule has 1 rings (SSSR count). The highest BCUT2D eigenvalue weighted by Crippen LogP contribution is 2.10. The van der Waals surface area contributed by atoms with Crippen molar-refractivity contribution in [1.82, 2.24) is 10.6 Å². The summed E-state index contributed by atoms with van der Waals surface area (Å²) in [5.41, 5.74) is 0.994. The number of amides is 1. The Balaban J connectivity index is 2.18. The van der Waals surface area contributed by atoms with Gasteiger partial charge in [-0.3, -0.25) is 4.79 Å². The standard InChI is InChI=1S/C14H21ClN2O3/c1-10(14(19)16-2)17-7-13(18)9-20-8-11-3-5-12(15)6-4-11/h3-6,10,13,17-18H,7-9H2,1-2H3,(H,16,19). The molecule has 0 aliphatic carbocycles. The number of rotatable bonds is 8. The zero-order chi connectivity index (χ0) is 15.0. The van der Waals surface area contributed by atoms with E-state index in [1.54, 1.807) is 26.1 Å². The molecule has 2 atom stereocenters. The van der Waals surface area contributed by atoms with Gasteiger partial charge in [0, 0.05) is 18.6 Å². The molecule has 1 aromatic rings. The number of benzene rings is 1. The molecule has 3 N–H and O–H groups in total. The quantitative estimate of drug-likeness (QED) is 0.668. The fourth-order valence-corrected chi connectivity index (χ4v) is 1.70. The maximum atomic E-state index is 11.3. The number of halogens is 1. The van der Waals surface area contributed by atoms with Gasteiger partial charge in [-0.15, -0.1) is 0 Å². The second-order valence-electron chi connectivity index (χ2n) is 4.54. The molecule has 5 nitrogen and oxygen atoms in total. The SMILES string of the molecule is CNC(=O)C(C)NCC(O)COCc1ccc(Cl)cc1. The van der Waals surface area contributed by atoms with Gasteiger partial charge in [0.05, 0.1) is 25.4 Å². The molecule has 2 unspecified atom stereocenters. The molecule has 0 aliphatic rings. The average molecular weight is 301 g/mol. The molecule has 0 saturated carbocycles. The van der Waals surface area contributed by atoms with E-state index in [-0.39, 0.29) is 18.6 Å². The molecular formula is C14H21ClN2O3. The molecule has 0 bridgehead atoms. The predicted octanol–water partition coefficient (Wildman–Crippen LogP) is 0.942. The monoisotopic (exact) mass is 300 g/mol. The summed E-state index contributed by atoms with van der Waals surface area (Å²) in [6.45, 7) is 2.66. The van der Waals surface area contributed by atoms with E-state index in [9.17, 15) is 9.90 Å². The lowest BCUT2D eigenvalue weighted by molar-refractivity contribution is -0.122. The van der Waals surface area contributed by atoms with Crippen LogP contribution in [0, 0.1) is 0 Å². The molecule has 0 saturated heterocycles. The second-order valence-corrected chi connectivity index (χ2v) is 4.98. The lowest BCUT2D eigenvalue weighted by Crippen LogP contribution is -2.44. The maximum Gasteiger partial charge on any atom is 0.236 e. The van der Waals surface area contributed by atoms with Gasteiger partial charge in [0.1, 0.15) is 0 Å². The number of nitrogens with one attached hydrogen (secondary N) is 2. The third-order valence-electron chi connectivity index (χ3n) is 2.79. The Hall–Kier alpha value is -1.14. The van der Waals surface area contributed by atoms with E-state index in [0.29, 0.717) is 18.2 Å². The molecule has 6 heteroatoms. The predicted molar refractivity (Wildman–Crippen MR) is 78.6 cm³/mol. The van der Waals surface area contributed by atoms with Crippen LogP contribution in [0.3, 0.4) is 0 Å². The molecule has 0 aliphatic heterocycles. The van der Waals surface area contributed by atoms with Gasteiger partial charge in [0.25, 0.3) is 0 Å². The van der Waals surface area contributed by atoms with Crippen molar-refractivity contribution in [2.45, 2.75) is 25.7 Å². The summed E-state index contributed by atoms with van der Waals surface area (Å²) in [6.07, 6.45) is -0.658. The Morgan fingerprint density at radius 3 is 2.65 bits per heavy atom. The molecule has 0 radical (unpaired) electrons. The van der Waals surface area contributed by atoms with Gasteiger partial charge in [-0.05, 0) is 24.6 Å². The lowest BCUT2D eigenvalue weighted by atomic mass is 10.2. The number of aliphatic hydroxyl groups is 1. The normalized spacial score (nSPS) is 13.8. The minimum absolute atomic E-state index is 0.112.